The molecule has 0 N–H and O–H groups in total. The molecule has 0 spiro atoms. The van der Waals surface area contributed by atoms with E-state index in [0.717, 1.165) is 0 Å². The van der Waals surface area contributed by atoms with Crippen molar-refractivity contribution in [3.05, 3.63) is 0 Å². The molecule has 0 amide bonds. The van der Waals surface area contributed by atoms with Crippen molar-refractivity contribution >= 4 is 21.1 Å². The molecule has 0 aromatic rings. The lowest BCUT2D eigenvalue weighted by Gasteiger charge is -2.10. The van der Waals surface area contributed by atoms with Crippen LogP contribution in [0.2, 0.25) is 0 Å². The Balaban J connectivity index is 4.07. The van der Waals surface area contributed by atoms with E-state index in [1.807, 2.05) is 0 Å². The van der Waals surface area contributed by atoms with Gasteiger partial charge in [-0.3, -0.25) is 4.57 Å². The van der Waals surface area contributed by atoms with E-state index in [1.54, 1.807) is 0 Å². The molecular weight excluding hydrogens is 154 g/mol. The van der Waals surface area contributed by atoms with Crippen LogP contribution in [-0.4, -0.2) is 33.9 Å². The third kappa shape index (κ3) is 3.15. The van der Waals surface area contributed by atoms with Gasteiger partial charge in [-0.05, 0) is 0 Å². The van der Waals surface area contributed by atoms with Crippen LogP contribution in [0.15, 0.2) is 0 Å². The summed E-state index contributed by atoms with van der Waals surface area (Å²) in [5.74, 6) is 0. The molecule has 0 saturated heterocycles. The highest BCUT2D eigenvalue weighted by Crippen LogP contribution is 2.45. The lowest BCUT2D eigenvalue weighted by atomic mass is 10.1. The third-order valence-electron chi connectivity index (χ3n) is 0.906. The Morgan fingerprint density at radius 1 is 1.50 bits per heavy atom. The van der Waals surface area contributed by atoms with Gasteiger partial charge in [0.1, 0.15) is 0 Å². The van der Waals surface area contributed by atoms with E-state index in [-0.39, 0.29) is 6.16 Å². The van der Waals surface area contributed by atoms with Gasteiger partial charge in [0.15, 0.2) is 7.85 Å². The Hall–Kier alpha value is -0.115. The summed E-state index contributed by atoms with van der Waals surface area (Å²) < 4.78 is 19.9. The first-order chi connectivity index (χ1) is 4.54. The van der Waals surface area contributed by atoms with E-state index in [0.29, 0.717) is 0 Å². The molecule has 0 heterocycles. The summed E-state index contributed by atoms with van der Waals surface area (Å²) in [6, 6.07) is 0. The van der Waals surface area contributed by atoms with Crippen LogP contribution >= 0.6 is 7.60 Å². The van der Waals surface area contributed by atoms with Crippen LogP contribution in [0.5, 0.6) is 0 Å². The summed E-state index contributed by atoms with van der Waals surface area (Å²) in [6.45, 7) is 0. The van der Waals surface area contributed by atoms with Gasteiger partial charge >= 0.3 is 7.60 Å². The molecule has 0 bridgehead atoms. The molecule has 0 unspecified atom stereocenters. The standard InChI is InChI=1S/C4H8BO4P/c1-8-10(7,9-2)3-4(5)6/h3H2,1-2H3. The minimum atomic E-state index is -3.21. The van der Waals surface area contributed by atoms with Gasteiger partial charge in [0, 0.05) is 14.2 Å². The second kappa shape index (κ2) is 3.91. The SMILES string of the molecule is [B]C(=O)CP(=O)(OC)OC. The first kappa shape index (κ1) is 9.88. The fraction of sp³-hybridized carbons (Fsp3) is 0.750. The number of carbonyl (C=O) groups is 1. The van der Waals surface area contributed by atoms with Crippen LogP contribution in [0.4, 0.5) is 0 Å². The molecule has 0 aromatic heterocycles. The van der Waals surface area contributed by atoms with E-state index in [2.05, 4.69) is 9.05 Å². The van der Waals surface area contributed by atoms with E-state index in [4.69, 9.17) is 7.85 Å². The van der Waals surface area contributed by atoms with Gasteiger partial charge in [-0.1, -0.05) is 0 Å². The van der Waals surface area contributed by atoms with Crippen LogP contribution in [0.3, 0.4) is 0 Å². The Kier molecular flexibility index (Phi) is 3.87. The second-order valence-electron chi connectivity index (χ2n) is 1.60. The van der Waals surface area contributed by atoms with Gasteiger partial charge in [-0.25, -0.2) is 0 Å². The molecule has 0 saturated carbocycles. The molecule has 4 nitrogen and oxygen atoms in total. The molecule has 56 valence electrons. The third-order valence-corrected chi connectivity index (χ3v) is 2.72. The zero-order valence-electron chi connectivity index (χ0n) is 5.86. The van der Waals surface area contributed by atoms with Crippen LogP contribution in [0.1, 0.15) is 0 Å². The molecule has 0 fully saturated rings. The smallest absolute Gasteiger partial charge is 0.312 e. The van der Waals surface area contributed by atoms with Crippen molar-refractivity contribution in [2.45, 2.75) is 0 Å². The van der Waals surface area contributed by atoms with Crippen molar-refractivity contribution in [3.63, 3.8) is 0 Å². The number of carbonyl (C=O) groups excluding carboxylic acids is 1. The van der Waals surface area contributed by atoms with Crippen molar-refractivity contribution in [1.82, 2.24) is 0 Å². The molecule has 2 radical (unpaired) electrons. The molecule has 0 aromatic carbocycles. The van der Waals surface area contributed by atoms with Crippen LogP contribution in [0, 0.1) is 0 Å². The first-order valence-corrected chi connectivity index (χ1v) is 4.25. The fourth-order valence-electron chi connectivity index (χ4n) is 0.394. The second-order valence-corrected chi connectivity index (χ2v) is 3.87. The predicted molar refractivity (Wildman–Crippen MR) is 37.3 cm³/mol. The zero-order valence-corrected chi connectivity index (χ0v) is 6.76. The molecule has 0 aliphatic carbocycles. The van der Waals surface area contributed by atoms with E-state index in [1.165, 1.54) is 14.2 Å². The average molecular weight is 162 g/mol. The lowest BCUT2D eigenvalue weighted by molar-refractivity contribution is -0.109. The lowest BCUT2D eigenvalue weighted by Crippen LogP contribution is -2.06. The van der Waals surface area contributed by atoms with Crippen LogP contribution in [0.25, 0.3) is 0 Å². The Morgan fingerprint density at radius 2 is 1.90 bits per heavy atom. The highest BCUT2D eigenvalue weighted by atomic mass is 31.2. The summed E-state index contributed by atoms with van der Waals surface area (Å²) in [4.78, 5) is 10.2. The predicted octanol–water partition coefficient (Wildman–Crippen LogP) is 0.167. The summed E-state index contributed by atoms with van der Waals surface area (Å²) in [5, 5.41) is 0. The van der Waals surface area contributed by atoms with E-state index in [9.17, 15) is 9.36 Å². The van der Waals surface area contributed by atoms with Crippen molar-refractivity contribution in [3.8, 4) is 0 Å². The molecule has 6 heteroatoms. The highest BCUT2D eigenvalue weighted by Gasteiger charge is 2.22. The monoisotopic (exact) mass is 162 g/mol. The quantitative estimate of drug-likeness (QED) is 0.436. The fourth-order valence-corrected chi connectivity index (χ4v) is 1.18. The topological polar surface area (TPSA) is 52.6 Å². The largest absolute Gasteiger partial charge is 0.336 e. The minimum Gasteiger partial charge on any atom is -0.312 e. The van der Waals surface area contributed by atoms with Gasteiger partial charge in [0.05, 0.1) is 11.8 Å². The zero-order chi connectivity index (χ0) is 8.20. The summed E-state index contributed by atoms with van der Waals surface area (Å²) in [6.07, 6.45) is -0.375. The number of rotatable bonds is 4. The maximum absolute atomic E-state index is 11.0. The van der Waals surface area contributed by atoms with Gasteiger partial charge in [0.25, 0.3) is 0 Å². The normalized spacial score (nSPS) is 11.4. The molecular formula is C4H8BO4P. The van der Waals surface area contributed by atoms with Gasteiger partial charge < -0.3 is 13.8 Å². The van der Waals surface area contributed by atoms with Gasteiger partial charge in [0.2, 0.25) is 0 Å². The van der Waals surface area contributed by atoms with Crippen molar-refractivity contribution in [1.29, 1.82) is 0 Å². The van der Waals surface area contributed by atoms with Crippen molar-refractivity contribution in [2.24, 2.45) is 0 Å². The summed E-state index contributed by atoms with van der Waals surface area (Å²) in [5.41, 5.74) is -0.702. The summed E-state index contributed by atoms with van der Waals surface area (Å²) in [7, 11) is 3.95. The van der Waals surface area contributed by atoms with Crippen LogP contribution < -0.4 is 0 Å². The van der Waals surface area contributed by atoms with Crippen LogP contribution in [-0.2, 0) is 18.4 Å². The van der Waals surface area contributed by atoms with Crippen molar-refractivity contribution < 1.29 is 18.4 Å². The van der Waals surface area contributed by atoms with E-state index >= 15 is 0 Å². The highest BCUT2D eigenvalue weighted by molar-refractivity contribution is 7.55. The summed E-state index contributed by atoms with van der Waals surface area (Å²) >= 11 is 0. The maximum atomic E-state index is 11.0. The Labute approximate surface area is 60.8 Å². The molecule has 10 heavy (non-hydrogen) atoms. The average Bonchev–Trinajstić information content (AvgIpc) is 1.87. The number of hydrogen-bond acceptors (Lipinski definition) is 4. The number of hydrogen-bond donors (Lipinski definition) is 0. The first-order valence-electron chi connectivity index (χ1n) is 2.53. The van der Waals surface area contributed by atoms with Crippen molar-refractivity contribution in [2.75, 3.05) is 20.4 Å². The Morgan fingerprint density at radius 3 is 2.00 bits per heavy atom. The van der Waals surface area contributed by atoms with Gasteiger partial charge in [-0.2, -0.15) is 0 Å². The van der Waals surface area contributed by atoms with Gasteiger partial charge in [-0.15, -0.1) is 0 Å². The molecule has 0 aliphatic rings. The molecule has 0 atom stereocenters. The molecule has 0 aliphatic heterocycles. The minimum absolute atomic E-state index is 0.375. The maximum Gasteiger partial charge on any atom is 0.336 e. The molecule has 0 rings (SSSR count). The Bertz CT molecular complexity index is 161. The van der Waals surface area contributed by atoms with E-state index < -0.39 is 13.3 Å².